The van der Waals surface area contributed by atoms with Crippen LogP contribution in [-0.4, -0.2) is 45.8 Å². The highest BCUT2D eigenvalue weighted by atomic mass is 19.1. The lowest BCUT2D eigenvalue weighted by molar-refractivity contribution is 0.301. The summed E-state index contributed by atoms with van der Waals surface area (Å²) in [6.45, 7) is 2.81. The molecule has 6 N–H and O–H groups in total. The molecule has 0 fully saturated rings. The number of hydrogen-bond donors (Lipinski definition) is 5. The minimum Gasteiger partial charge on any atom is -0.489 e. The first kappa shape index (κ1) is 25.6. The number of nitrogen functional groups attached to an aromatic ring is 1. The molecule has 0 aliphatic heterocycles. The van der Waals surface area contributed by atoms with Crippen molar-refractivity contribution in [2.24, 2.45) is 5.73 Å². The van der Waals surface area contributed by atoms with Crippen molar-refractivity contribution >= 4 is 11.5 Å². The van der Waals surface area contributed by atoms with E-state index in [2.05, 4.69) is 25.7 Å². The maximum absolute atomic E-state index is 15.9. The predicted molar refractivity (Wildman–Crippen MR) is 140 cm³/mol. The van der Waals surface area contributed by atoms with E-state index in [4.69, 9.17) is 15.9 Å². The first-order valence-corrected chi connectivity index (χ1v) is 11.8. The lowest BCUT2D eigenvalue weighted by atomic mass is 10.00. The maximum Gasteiger partial charge on any atom is 0.349 e. The molecule has 1 unspecified atom stereocenters. The monoisotopic (exact) mass is 504 g/mol. The maximum atomic E-state index is 15.9. The number of hydrogen-bond acceptors (Lipinski definition) is 7. The molecule has 0 saturated heterocycles. The summed E-state index contributed by atoms with van der Waals surface area (Å²) in [6, 6.07) is 14.5. The zero-order valence-corrected chi connectivity index (χ0v) is 20.6. The number of H-pyrrole nitrogens is 1. The van der Waals surface area contributed by atoms with Crippen LogP contribution in [0.2, 0.25) is 0 Å². The first-order chi connectivity index (χ1) is 17.9. The average molecular weight is 505 g/mol. The predicted octanol–water partition coefficient (Wildman–Crippen LogP) is 2.74. The first-order valence-electron chi connectivity index (χ1n) is 11.8. The molecule has 0 bridgehead atoms. The number of pyridine rings is 1. The third-order valence-corrected chi connectivity index (χ3v) is 5.74. The number of nitrogens with two attached hydrogens (primary N) is 1. The Morgan fingerprint density at radius 2 is 2.03 bits per heavy atom. The van der Waals surface area contributed by atoms with Gasteiger partial charge in [-0.05, 0) is 61.5 Å². The highest BCUT2D eigenvalue weighted by Crippen LogP contribution is 2.32. The van der Waals surface area contributed by atoms with Gasteiger partial charge in [0, 0.05) is 29.6 Å². The topological polar surface area (TPSA) is 147 Å². The van der Waals surface area contributed by atoms with Gasteiger partial charge in [0.25, 0.3) is 0 Å². The Morgan fingerprint density at radius 3 is 2.68 bits per heavy atom. The molecule has 192 valence electrons. The van der Waals surface area contributed by atoms with Gasteiger partial charge in [0.15, 0.2) is 23.2 Å². The van der Waals surface area contributed by atoms with E-state index >= 15 is 4.39 Å². The minimum atomic E-state index is -0.876. The number of anilines is 1. The van der Waals surface area contributed by atoms with E-state index in [9.17, 15) is 4.79 Å². The zero-order chi connectivity index (χ0) is 26.4. The number of aryl methyl sites for hydroxylation is 1. The van der Waals surface area contributed by atoms with Crippen molar-refractivity contribution in [1.82, 2.24) is 25.1 Å². The molecular formula is C26H29FN8O2. The molecule has 0 saturated carbocycles. The molecule has 0 radical (unpaired) electrons. The molecule has 10 nitrogen and oxygen atoms in total. The largest absolute Gasteiger partial charge is 0.489 e. The number of nitrogens with one attached hydrogen (secondary N) is 4. The number of halogens is 1. The van der Waals surface area contributed by atoms with Crippen LogP contribution in [-0.2, 0) is 6.42 Å². The Kier molecular flexibility index (Phi) is 7.94. The summed E-state index contributed by atoms with van der Waals surface area (Å²) in [4.78, 5) is 19.8. The van der Waals surface area contributed by atoms with Gasteiger partial charge in [-0.25, -0.2) is 14.2 Å². The summed E-state index contributed by atoms with van der Waals surface area (Å²) >= 11 is 0. The van der Waals surface area contributed by atoms with Gasteiger partial charge >= 0.3 is 5.69 Å². The van der Waals surface area contributed by atoms with Crippen molar-refractivity contribution in [1.29, 1.82) is 5.41 Å². The number of aromatic nitrogens is 4. The van der Waals surface area contributed by atoms with Crippen LogP contribution >= 0.6 is 0 Å². The number of amidine groups is 1. The highest BCUT2D eigenvalue weighted by molar-refractivity contribution is 5.95. The Hall–Kier alpha value is -4.51. The number of benzene rings is 2. The SMILES string of the molecule is CCc1cc(OCCNC)c(F)c(C(Nc2ccc(C(=N)N)cc2)c2nn(-c3ccccn3)c(=O)[nH]2)c1. The van der Waals surface area contributed by atoms with Crippen LogP contribution in [0.5, 0.6) is 5.75 Å². The van der Waals surface area contributed by atoms with Crippen molar-refractivity contribution in [3.05, 3.63) is 99.6 Å². The molecular weight excluding hydrogens is 475 g/mol. The number of ether oxygens (including phenoxy) is 1. The molecule has 0 spiro atoms. The second-order valence-electron chi connectivity index (χ2n) is 8.29. The van der Waals surface area contributed by atoms with Crippen molar-refractivity contribution in [3.8, 4) is 11.6 Å². The number of likely N-dealkylation sites (N-methyl/N-ethyl adjacent to an activating group) is 1. The van der Waals surface area contributed by atoms with Gasteiger partial charge < -0.3 is 21.1 Å². The fourth-order valence-corrected chi connectivity index (χ4v) is 3.77. The third kappa shape index (κ3) is 5.84. The third-order valence-electron chi connectivity index (χ3n) is 5.74. The van der Waals surface area contributed by atoms with Crippen LogP contribution in [0.25, 0.3) is 5.82 Å². The van der Waals surface area contributed by atoms with Gasteiger partial charge in [-0.1, -0.05) is 19.1 Å². The van der Waals surface area contributed by atoms with Crippen molar-refractivity contribution in [2.45, 2.75) is 19.4 Å². The fourth-order valence-electron chi connectivity index (χ4n) is 3.77. The quantitative estimate of drug-likeness (QED) is 0.120. The molecule has 2 heterocycles. The van der Waals surface area contributed by atoms with Gasteiger partial charge in [0.1, 0.15) is 18.5 Å². The van der Waals surface area contributed by atoms with Crippen molar-refractivity contribution < 1.29 is 9.13 Å². The summed E-state index contributed by atoms with van der Waals surface area (Å²) in [5, 5.41) is 18.3. The molecule has 4 aromatic rings. The Bertz CT molecular complexity index is 1420. The minimum absolute atomic E-state index is 0.0633. The van der Waals surface area contributed by atoms with E-state index in [1.54, 1.807) is 67.8 Å². The fraction of sp³-hybridized carbons (Fsp3) is 0.231. The lowest BCUT2D eigenvalue weighted by Gasteiger charge is -2.21. The second-order valence-corrected chi connectivity index (χ2v) is 8.29. The van der Waals surface area contributed by atoms with Crippen LogP contribution in [0.15, 0.2) is 65.6 Å². The smallest absolute Gasteiger partial charge is 0.349 e. The van der Waals surface area contributed by atoms with Gasteiger partial charge in [0.05, 0.1) is 0 Å². The summed E-state index contributed by atoms with van der Waals surface area (Å²) in [5.74, 6) is 0.0267. The number of rotatable bonds is 11. The van der Waals surface area contributed by atoms with E-state index in [-0.39, 0.29) is 29.6 Å². The van der Waals surface area contributed by atoms with Crippen LogP contribution in [0.4, 0.5) is 10.1 Å². The molecule has 2 aromatic carbocycles. The molecule has 0 aliphatic rings. The molecule has 11 heteroatoms. The molecule has 2 aromatic heterocycles. The van der Waals surface area contributed by atoms with E-state index in [0.717, 1.165) is 10.2 Å². The van der Waals surface area contributed by atoms with Crippen molar-refractivity contribution in [2.75, 3.05) is 25.5 Å². The molecule has 4 rings (SSSR count). The van der Waals surface area contributed by atoms with Crippen LogP contribution in [0.3, 0.4) is 0 Å². The summed E-state index contributed by atoms with van der Waals surface area (Å²) in [7, 11) is 1.79. The van der Waals surface area contributed by atoms with Gasteiger partial charge in [-0.3, -0.25) is 10.4 Å². The molecule has 0 amide bonds. The summed E-state index contributed by atoms with van der Waals surface area (Å²) < 4.78 is 22.7. The van der Waals surface area contributed by atoms with E-state index in [1.807, 2.05) is 6.92 Å². The number of nitrogens with zero attached hydrogens (tertiary/aromatic N) is 3. The standard InChI is InChI=1S/C26H29FN8O2/c1-3-16-14-19(22(27)20(15-16)37-13-12-30-2)23(32-18-9-7-17(8-10-18)24(28)29)25-33-26(36)35(34-25)21-6-4-5-11-31-21/h4-11,14-15,23,30,32H,3,12-13H2,1-2H3,(H3,28,29)(H,33,34,36). The van der Waals surface area contributed by atoms with Gasteiger partial charge in [-0.2, -0.15) is 4.68 Å². The van der Waals surface area contributed by atoms with E-state index in [1.165, 1.54) is 0 Å². The highest BCUT2D eigenvalue weighted by Gasteiger charge is 2.26. The molecule has 0 aliphatic carbocycles. The number of aromatic amines is 1. The van der Waals surface area contributed by atoms with Crippen LogP contribution in [0.1, 0.15) is 35.5 Å². The average Bonchev–Trinajstić information content (AvgIpc) is 3.30. The van der Waals surface area contributed by atoms with E-state index in [0.29, 0.717) is 30.0 Å². The normalized spacial score (nSPS) is 11.8. The summed E-state index contributed by atoms with van der Waals surface area (Å²) in [6.07, 6.45) is 2.20. The van der Waals surface area contributed by atoms with Gasteiger partial charge in [0.2, 0.25) is 0 Å². The van der Waals surface area contributed by atoms with Crippen molar-refractivity contribution in [3.63, 3.8) is 0 Å². The zero-order valence-electron chi connectivity index (χ0n) is 20.6. The van der Waals surface area contributed by atoms with Crippen LogP contribution < -0.4 is 26.8 Å². The molecule has 37 heavy (non-hydrogen) atoms. The summed E-state index contributed by atoms with van der Waals surface area (Å²) in [5.41, 5.74) is 7.35. The lowest BCUT2D eigenvalue weighted by Crippen LogP contribution is -2.19. The Morgan fingerprint density at radius 1 is 1.24 bits per heavy atom. The van der Waals surface area contributed by atoms with E-state index < -0.39 is 17.5 Å². The Balaban J connectivity index is 1.82. The molecule has 1 atom stereocenters. The second kappa shape index (κ2) is 11.5. The van der Waals surface area contributed by atoms with Crippen LogP contribution in [0, 0.1) is 11.2 Å². The Labute approximate surface area is 213 Å². The van der Waals surface area contributed by atoms with Gasteiger partial charge in [-0.15, -0.1) is 5.10 Å².